The van der Waals surface area contributed by atoms with Crippen LogP contribution in [-0.2, 0) is 9.59 Å². The number of rotatable bonds is 4. The molecule has 0 spiro atoms. The molecule has 172 valence electrons. The zero-order chi connectivity index (χ0) is 24.0. The van der Waals surface area contributed by atoms with E-state index in [1.807, 2.05) is 31.2 Å². The van der Waals surface area contributed by atoms with Crippen molar-refractivity contribution in [3.8, 4) is 17.2 Å². The molecule has 5 rings (SSSR count). The van der Waals surface area contributed by atoms with Gasteiger partial charge in [-0.1, -0.05) is 41.4 Å². The van der Waals surface area contributed by atoms with Crippen LogP contribution in [0.2, 0.25) is 5.02 Å². The molecular formula is C26H20ClNO6. The highest BCUT2D eigenvalue weighted by molar-refractivity contribution is 6.51. The van der Waals surface area contributed by atoms with Gasteiger partial charge in [0.1, 0.15) is 11.5 Å². The van der Waals surface area contributed by atoms with E-state index < -0.39 is 17.7 Å². The van der Waals surface area contributed by atoms with Crippen molar-refractivity contribution in [2.24, 2.45) is 0 Å². The summed E-state index contributed by atoms with van der Waals surface area (Å²) in [4.78, 5) is 28.0. The van der Waals surface area contributed by atoms with Crippen LogP contribution >= 0.6 is 11.6 Å². The summed E-state index contributed by atoms with van der Waals surface area (Å²) in [6, 6.07) is 16.3. The molecule has 0 bridgehead atoms. The van der Waals surface area contributed by atoms with Crippen LogP contribution in [0.5, 0.6) is 17.2 Å². The van der Waals surface area contributed by atoms with Crippen LogP contribution in [0.1, 0.15) is 22.7 Å². The quantitative estimate of drug-likeness (QED) is 0.323. The maximum absolute atomic E-state index is 13.3. The first-order valence-electron chi connectivity index (χ1n) is 10.5. The molecule has 7 nitrogen and oxygen atoms in total. The first-order chi connectivity index (χ1) is 16.4. The number of fused-ring (bicyclic) bond motifs is 1. The Morgan fingerprint density at radius 3 is 2.62 bits per heavy atom. The average Bonchev–Trinajstić information content (AvgIpc) is 3.41. The van der Waals surface area contributed by atoms with E-state index in [1.165, 1.54) is 18.1 Å². The number of halogens is 1. The summed E-state index contributed by atoms with van der Waals surface area (Å²) in [6.45, 7) is 2.00. The molecule has 0 saturated carbocycles. The largest absolute Gasteiger partial charge is 0.507 e. The van der Waals surface area contributed by atoms with Gasteiger partial charge in [-0.05, 0) is 42.8 Å². The van der Waals surface area contributed by atoms with Gasteiger partial charge in [0.25, 0.3) is 11.7 Å². The van der Waals surface area contributed by atoms with Crippen molar-refractivity contribution in [1.29, 1.82) is 0 Å². The molecule has 2 heterocycles. The molecule has 0 aromatic heterocycles. The molecule has 8 heteroatoms. The number of hydrogen-bond donors (Lipinski definition) is 1. The van der Waals surface area contributed by atoms with Crippen LogP contribution in [0.3, 0.4) is 0 Å². The number of aliphatic hydroxyl groups excluding tert-OH is 1. The number of hydrogen-bond acceptors (Lipinski definition) is 6. The normalized spacial score (nSPS) is 18.4. The summed E-state index contributed by atoms with van der Waals surface area (Å²) < 4.78 is 16.1. The molecule has 2 aliphatic rings. The molecular weight excluding hydrogens is 458 g/mol. The predicted molar refractivity (Wildman–Crippen MR) is 127 cm³/mol. The second-order valence-corrected chi connectivity index (χ2v) is 8.38. The smallest absolute Gasteiger partial charge is 0.300 e. The summed E-state index contributed by atoms with van der Waals surface area (Å²) >= 11 is 6.13. The summed E-state index contributed by atoms with van der Waals surface area (Å²) in [7, 11) is 1.45. The molecule has 2 aliphatic heterocycles. The summed E-state index contributed by atoms with van der Waals surface area (Å²) in [6.07, 6.45) is 0. The third kappa shape index (κ3) is 3.54. The predicted octanol–water partition coefficient (Wildman–Crippen LogP) is 5.01. The standard InChI is InChI=1S/C26H20ClNO6/c1-14-4-3-5-15(10-14)23-22(24(29)16-6-8-18(27)20(11-16)32-2)25(30)26(31)28(23)17-7-9-19-21(12-17)34-13-33-19/h3-12,23,29H,13H2,1-2H3/b24-22+. The van der Waals surface area contributed by atoms with Gasteiger partial charge in [0.05, 0.1) is 23.7 Å². The van der Waals surface area contributed by atoms with E-state index in [4.69, 9.17) is 25.8 Å². The van der Waals surface area contributed by atoms with Gasteiger partial charge in [0.15, 0.2) is 11.5 Å². The van der Waals surface area contributed by atoms with Gasteiger partial charge in [0, 0.05) is 17.3 Å². The fourth-order valence-electron chi connectivity index (χ4n) is 4.25. The highest BCUT2D eigenvalue weighted by Crippen LogP contribution is 2.45. The Bertz CT molecular complexity index is 1370. The number of nitrogens with zero attached hydrogens (tertiary/aromatic N) is 1. The summed E-state index contributed by atoms with van der Waals surface area (Å²) in [5.41, 5.74) is 2.35. The fraction of sp³-hybridized carbons (Fsp3) is 0.154. The number of benzene rings is 3. The number of aliphatic hydroxyl groups is 1. The zero-order valence-corrected chi connectivity index (χ0v) is 19.1. The van der Waals surface area contributed by atoms with Gasteiger partial charge in [-0.3, -0.25) is 14.5 Å². The Morgan fingerprint density at radius 2 is 1.85 bits per heavy atom. The van der Waals surface area contributed by atoms with Gasteiger partial charge in [-0.15, -0.1) is 0 Å². The molecule has 3 aromatic carbocycles. The van der Waals surface area contributed by atoms with Crippen LogP contribution in [0.4, 0.5) is 5.69 Å². The highest BCUT2D eigenvalue weighted by Gasteiger charge is 2.47. The molecule has 0 aliphatic carbocycles. The third-order valence-corrected chi connectivity index (χ3v) is 6.17. The molecule has 1 unspecified atom stereocenters. The number of ketones is 1. The van der Waals surface area contributed by atoms with Gasteiger partial charge < -0.3 is 19.3 Å². The molecule has 0 radical (unpaired) electrons. The lowest BCUT2D eigenvalue weighted by Crippen LogP contribution is -2.29. The van der Waals surface area contributed by atoms with Crippen molar-refractivity contribution in [3.63, 3.8) is 0 Å². The lowest BCUT2D eigenvalue weighted by Gasteiger charge is -2.26. The molecule has 1 fully saturated rings. The Hall–Kier alpha value is -3.97. The number of methoxy groups -OCH3 is 1. The van der Waals surface area contributed by atoms with E-state index in [2.05, 4.69) is 0 Å². The molecule has 1 amide bonds. The van der Waals surface area contributed by atoms with Crippen LogP contribution < -0.4 is 19.1 Å². The Labute approximate surface area is 200 Å². The second-order valence-electron chi connectivity index (χ2n) is 7.97. The van der Waals surface area contributed by atoms with Crippen molar-refractivity contribution in [3.05, 3.63) is 87.9 Å². The van der Waals surface area contributed by atoms with Gasteiger partial charge in [0.2, 0.25) is 6.79 Å². The van der Waals surface area contributed by atoms with Crippen LogP contribution in [-0.4, -0.2) is 30.7 Å². The third-order valence-electron chi connectivity index (χ3n) is 5.86. The maximum Gasteiger partial charge on any atom is 0.300 e. The van der Waals surface area contributed by atoms with Crippen molar-refractivity contribution in [1.82, 2.24) is 0 Å². The summed E-state index contributed by atoms with van der Waals surface area (Å²) in [5.74, 6) is -0.500. The molecule has 3 aromatic rings. The van der Waals surface area contributed by atoms with Crippen molar-refractivity contribution in [2.45, 2.75) is 13.0 Å². The van der Waals surface area contributed by atoms with Gasteiger partial charge in [-0.25, -0.2) is 0 Å². The van der Waals surface area contributed by atoms with Crippen LogP contribution in [0.15, 0.2) is 66.2 Å². The lowest BCUT2D eigenvalue weighted by molar-refractivity contribution is -0.132. The Morgan fingerprint density at radius 1 is 1.06 bits per heavy atom. The van der Waals surface area contributed by atoms with E-state index in [0.29, 0.717) is 39.1 Å². The molecule has 1 N–H and O–H groups in total. The minimum Gasteiger partial charge on any atom is -0.507 e. The van der Waals surface area contributed by atoms with Crippen LogP contribution in [0, 0.1) is 6.92 Å². The molecule has 34 heavy (non-hydrogen) atoms. The summed E-state index contributed by atoms with van der Waals surface area (Å²) in [5, 5.41) is 11.6. The first kappa shape index (κ1) is 21.9. The van der Waals surface area contributed by atoms with Crippen molar-refractivity contribution in [2.75, 3.05) is 18.8 Å². The number of aryl methyl sites for hydroxylation is 1. The lowest BCUT2D eigenvalue weighted by atomic mass is 9.94. The van der Waals surface area contributed by atoms with Crippen molar-refractivity contribution >= 4 is 34.7 Å². The van der Waals surface area contributed by atoms with Gasteiger partial charge >= 0.3 is 0 Å². The Balaban J connectivity index is 1.71. The van der Waals surface area contributed by atoms with E-state index in [0.717, 1.165) is 5.56 Å². The molecule has 1 saturated heterocycles. The monoisotopic (exact) mass is 477 g/mol. The number of carbonyl (C=O) groups is 2. The SMILES string of the molecule is COc1cc(/C(O)=C2\C(=O)C(=O)N(c3ccc4c(c3)OCO4)C2c2cccc(C)c2)ccc1Cl. The van der Waals surface area contributed by atoms with Crippen molar-refractivity contribution < 1.29 is 28.9 Å². The zero-order valence-electron chi connectivity index (χ0n) is 18.4. The topological polar surface area (TPSA) is 85.3 Å². The molecule has 1 atom stereocenters. The van der Waals surface area contributed by atoms with E-state index >= 15 is 0 Å². The minimum absolute atomic E-state index is 0.0300. The average molecular weight is 478 g/mol. The number of anilines is 1. The Kier molecular flexibility index (Phi) is 5.42. The number of Topliss-reactive ketones (excluding diaryl/α,β-unsaturated/α-hetero) is 1. The second kappa shape index (κ2) is 8.43. The highest BCUT2D eigenvalue weighted by atomic mass is 35.5. The van der Waals surface area contributed by atoms with E-state index in [9.17, 15) is 14.7 Å². The number of ether oxygens (including phenoxy) is 3. The number of carbonyl (C=O) groups excluding carboxylic acids is 2. The first-order valence-corrected chi connectivity index (χ1v) is 10.9. The van der Waals surface area contributed by atoms with Gasteiger partial charge in [-0.2, -0.15) is 0 Å². The minimum atomic E-state index is -0.859. The van der Waals surface area contributed by atoms with Crippen LogP contribution in [0.25, 0.3) is 5.76 Å². The van der Waals surface area contributed by atoms with E-state index in [-0.39, 0.29) is 18.1 Å². The fourth-order valence-corrected chi connectivity index (χ4v) is 4.45. The maximum atomic E-state index is 13.3. The number of amides is 1. The van der Waals surface area contributed by atoms with E-state index in [1.54, 1.807) is 30.3 Å².